The van der Waals surface area contributed by atoms with E-state index < -0.39 is 0 Å². The molecule has 2 heterocycles. The summed E-state index contributed by atoms with van der Waals surface area (Å²) in [5, 5.41) is 3.30. The van der Waals surface area contributed by atoms with Crippen LogP contribution >= 0.6 is 12.2 Å². The summed E-state index contributed by atoms with van der Waals surface area (Å²) in [6.07, 6.45) is 2.70. The third kappa shape index (κ3) is 2.18. The molecule has 1 N–H and O–H groups in total. The van der Waals surface area contributed by atoms with E-state index in [-0.39, 0.29) is 6.10 Å². The molecule has 2 saturated heterocycles. The van der Waals surface area contributed by atoms with Crippen molar-refractivity contribution in [3.63, 3.8) is 0 Å². The SMILES string of the molecule is S=C(C1CNCCO1)N1CCCC1. The molecule has 0 bridgehead atoms. The molecule has 2 rings (SSSR count). The molecule has 0 aliphatic carbocycles. The number of nitrogens with zero attached hydrogens (tertiary/aromatic N) is 1. The number of likely N-dealkylation sites (tertiary alicyclic amines) is 1. The van der Waals surface area contributed by atoms with Gasteiger partial charge in [-0.1, -0.05) is 12.2 Å². The molecule has 0 spiro atoms. The van der Waals surface area contributed by atoms with Crippen molar-refractivity contribution in [3.8, 4) is 0 Å². The lowest BCUT2D eigenvalue weighted by Gasteiger charge is -2.29. The van der Waals surface area contributed by atoms with Gasteiger partial charge in [-0.05, 0) is 12.8 Å². The summed E-state index contributed by atoms with van der Waals surface area (Å²) >= 11 is 5.39. The number of hydrogen-bond acceptors (Lipinski definition) is 3. The molecule has 13 heavy (non-hydrogen) atoms. The molecule has 2 aliphatic rings. The van der Waals surface area contributed by atoms with E-state index in [1.54, 1.807) is 0 Å². The van der Waals surface area contributed by atoms with E-state index in [0.29, 0.717) is 0 Å². The third-order valence-corrected chi connectivity index (χ3v) is 3.14. The Bertz CT molecular complexity index is 186. The smallest absolute Gasteiger partial charge is 0.120 e. The Morgan fingerprint density at radius 1 is 1.38 bits per heavy atom. The van der Waals surface area contributed by atoms with Crippen molar-refractivity contribution in [1.29, 1.82) is 0 Å². The van der Waals surface area contributed by atoms with Gasteiger partial charge in [-0.2, -0.15) is 0 Å². The largest absolute Gasteiger partial charge is 0.368 e. The average Bonchev–Trinajstić information content (AvgIpc) is 2.71. The van der Waals surface area contributed by atoms with E-state index >= 15 is 0 Å². The fourth-order valence-electron chi connectivity index (χ4n) is 1.87. The molecule has 0 aromatic heterocycles. The van der Waals surface area contributed by atoms with Gasteiger partial charge in [0.05, 0.1) is 6.61 Å². The van der Waals surface area contributed by atoms with Crippen LogP contribution in [0, 0.1) is 0 Å². The molecule has 1 unspecified atom stereocenters. The number of hydrogen-bond donors (Lipinski definition) is 1. The Hall–Kier alpha value is -0.190. The van der Waals surface area contributed by atoms with E-state index in [9.17, 15) is 0 Å². The summed E-state index contributed by atoms with van der Waals surface area (Å²) in [6.45, 7) is 4.88. The molecule has 0 saturated carbocycles. The summed E-state index contributed by atoms with van der Waals surface area (Å²) in [7, 11) is 0. The van der Waals surface area contributed by atoms with E-state index in [1.165, 1.54) is 12.8 Å². The third-order valence-electron chi connectivity index (χ3n) is 2.62. The summed E-state index contributed by atoms with van der Waals surface area (Å²) in [5.74, 6) is 0. The van der Waals surface area contributed by atoms with Crippen molar-refractivity contribution in [2.24, 2.45) is 0 Å². The zero-order valence-electron chi connectivity index (χ0n) is 7.79. The molecule has 0 aromatic rings. The Morgan fingerprint density at radius 3 is 2.77 bits per heavy atom. The molecule has 2 fully saturated rings. The molecule has 0 radical (unpaired) electrons. The molecule has 2 aliphatic heterocycles. The average molecular weight is 200 g/mol. The van der Waals surface area contributed by atoms with Gasteiger partial charge in [0.1, 0.15) is 11.1 Å². The molecule has 4 heteroatoms. The van der Waals surface area contributed by atoms with Gasteiger partial charge in [0.25, 0.3) is 0 Å². The van der Waals surface area contributed by atoms with Crippen molar-refractivity contribution in [2.45, 2.75) is 18.9 Å². The highest BCUT2D eigenvalue weighted by Crippen LogP contribution is 2.12. The summed E-state index contributed by atoms with van der Waals surface area (Å²) in [6, 6.07) is 0. The van der Waals surface area contributed by atoms with Crippen LogP contribution in [-0.2, 0) is 4.74 Å². The van der Waals surface area contributed by atoms with Gasteiger partial charge in [-0.15, -0.1) is 0 Å². The van der Waals surface area contributed by atoms with Crippen LogP contribution in [0.5, 0.6) is 0 Å². The number of ether oxygens (including phenoxy) is 1. The Labute approximate surface area is 84.4 Å². The van der Waals surface area contributed by atoms with Crippen LogP contribution in [0.25, 0.3) is 0 Å². The van der Waals surface area contributed by atoms with Crippen molar-refractivity contribution < 1.29 is 4.74 Å². The van der Waals surface area contributed by atoms with Crippen molar-refractivity contribution in [2.75, 3.05) is 32.8 Å². The Kier molecular flexibility index (Phi) is 3.14. The number of nitrogens with one attached hydrogen (secondary N) is 1. The van der Waals surface area contributed by atoms with Gasteiger partial charge in [0.15, 0.2) is 0 Å². The highest BCUT2D eigenvalue weighted by Gasteiger charge is 2.24. The molecule has 0 amide bonds. The first-order valence-corrected chi connectivity index (χ1v) is 5.40. The maximum Gasteiger partial charge on any atom is 0.120 e. The molecule has 1 atom stereocenters. The van der Waals surface area contributed by atoms with Crippen molar-refractivity contribution >= 4 is 17.2 Å². The molecule has 74 valence electrons. The number of thiocarbonyl (C=S) groups is 1. The lowest BCUT2D eigenvalue weighted by Crippen LogP contribution is -2.47. The standard InChI is InChI=1S/C9H16N2OS/c13-9(11-4-1-2-5-11)8-7-10-3-6-12-8/h8,10H,1-7H2. The highest BCUT2D eigenvalue weighted by molar-refractivity contribution is 7.80. The molecular weight excluding hydrogens is 184 g/mol. The van der Waals surface area contributed by atoms with Crippen LogP contribution in [0.1, 0.15) is 12.8 Å². The second-order valence-corrected chi connectivity index (χ2v) is 4.01. The quantitative estimate of drug-likeness (QED) is 0.619. The minimum atomic E-state index is 0.141. The Morgan fingerprint density at radius 2 is 2.15 bits per heavy atom. The van der Waals surface area contributed by atoms with Crippen LogP contribution in [-0.4, -0.2) is 48.8 Å². The van der Waals surface area contributed by atoms with Crippen LogP contribution in [0.15, 0.2) is 0 Å². The topological polar surface area (TPSA) is 24.5 Å². The predicted octanol–water partition coefficient (Wildman–Crippen LogP) is 0.398. The first-order chi connectivity index (χ1) is 6.38. The van der Waals surface area contributed by atoms with E-state index in [2.05, 4.69) is 10.2 Å². The van der Waals surface area contributed by atoms with Gasteiger partial charge in [-0.25, -0.2) is 0 Å². The number of rotatable bonds is 1. The first kappa shape index (κ1) is 9.37. The van der Waals surface area contributed by atoms with E-state index in [4.69, 9.17) is 17.0 Å². The number of morpholine rings is 1. The van der Waals surface area contributed by atoms with Crippen molar-refractivity contribution in [3.05, 3.63) is 0 Å². The summed E-state index contributed by atoms with van der Waals surface area (Å²) in [5.41, 5.74) is 0. The predicted molar refractivity (Wildman–Crippen MR) is 56.0 cm³/mol. The fourth-order valence-corrected chi connectivity index (χ4v) is 2.20. The Balaban J connectivity index is 1.87. The van der Waals surface area contributed by atoms with E-state index in [1.807, 2.05) is 0 Å². The summed E-state index contributed by atoms with van der Waals surface area (Å²) < 4.78 is 5.61. The lowest BCUT2D eigenvalue weighted by molar-refractivity contribution is 0.0660. The van der Waals surface area contributed by atoms with Crippen LogP contribution in [0.2, 0.25) is 0 Å². The zero-order valence-corrected chi connectivity index (χ0v) is 8.61. The minimum absolute atomic E-state index is 0.141. The van der Waals surface area contributed by atoms with Crippen LogP contribution in [0.4, 0.5) is 0 Å². The van der Waals surface area contributed by atoms with Crippen LogP contribution in [0.3, 0.4) is 0 Å². The fraction of sp³-hybridized carbons (Fsp3) is 0.889. The highest BCUT2D eigenvalue weighted by atomic mass is 32.1. The van der Waals surface area contributed by atoms with Gasteiger partial charge in [-0.3, -0.25) is 0 Å². The van der Waals surface area contributed by atoms with Gasteiger partial charge in [0.2, 0.25) is 0 Å². The summed E-state index contributed by atoms with van der Waals surface area (Å²) in [4.78, 5) is 3.29. The first-order valence-electron chi connectivity index (χ1n) is 4.99. The second kappa shape index (κ2) is 4.35. The molecule has 3 nitrogen and oxygen atoms in total. The minimum Gasteiger partial charge on any atom is -0.368 e. The second-order valence-electron chi connectivity index (χ2n) is 3.60. The zero-order chi connectivity index (χ0) is 9.10. The van der Waals surface area contributed by atoms with Gasteiger partial charge in [0, 0.05) is 26.2 Å². The molecular formula is C9H16N2OS. The van der Waals surface area contributed by atoms with Crippen LogP contribution < -0.4 is 5.32 Å². The maximum atomic E-state index is 5.61. The van der Waals surface area contributed by atoms with Gasteiger partial charge < -0.3 is 15.0 Å². The molecule has 0 aromatic carbocycles. The van der Waals surface area contributed by atoms with Crippen molar-refractivity contribution in [1.82, 2.24) is 10.2 Å². The van der Waals surface area contributed by atoms with Gasteiger partial charge >= 0.3 is 0 Å². The maximum absolute atomic E-state index is 5.61. The normalized spacial score (nSPS) is 29.2. The van der Waals surface area contributed by atoms with E-state index in [0.717, 1.165) is 37.8 Å². The monoisotopic (exact) mass is 200 g/mol. The lowest BCUT2D eigenvalue weighted by atomic mass is 10.3.